The standard InChI is InChI=1S/C16H24O2/c1-3-4-5-6-9-14-10-7-8-11-15(14)17-12-16(2)13-18-16/h7-8,10-11H,3-6,9,12-13H2,1-2H3. The average Bonchev–Trinajstić information content (AvgIpc) is 3.12. The maximum absolute atomic E-state index is 5.90. The minimum Gasteiger partial charge on any atom is -0.490 e. The van der Waals surface area contributed by atoms with E-state index >= 15 is 0 Å². The minimum atomic E-state index is -0.0324. The first-order valence-electron chi connectivity index (χ1n) is 7.08. The van der Waals surface area contributed by atoms with E-state index in [1.54, 1.807) is 0 Å². The SMILES string of the molecule is CCCCCCc1ccccc1OCC1(C)CO1. The van der Waals surface area contributed by atoms with Crippen molar-refractivity contribution in [2.24, 2.45) is 0 Å². The average molecular weight is 248 g/mol. The molecule has 0 amide bonds. The first-order valence-corrected chi connectivity index (χ1v) is 7.08. The maximum Gasteiger partial charge on any atom is 0.123 e. The van der Waals surface area contributed by atoms with Gasteiger partial charge >= 0.3 is 0 Å². The van der Waals surface area contributed by atoms with Crippen LogP contribution in [0.15, 0.2) is 24.3 Å². The molecule has 0 spiro atoms. The van der Waals surface area contributed by atoms with E-state index in [0.717, 1.165) is 18.8 Å². The van der Waals surface area contributed by atoms with Crippen molar-refractivity contribution in [1.82, 2.24) is 0 Å². The Balaban J connectivity index is 1.84. The second kappa shape index (κ2) is 6.24. The summed E-state index contributed by atoms with van der Waals surface area (Å²) in [4.78, 5) is 0. The summed E-state index contributed by atoms with van der Waals surface area (Å²) < 4.78 is 11.2. The van der Waals surface area contributed by atoms with Crippen molar-refractivity contribution in [2.45, 2.75) is 51.6 Å². The molecule has 1 heterocycles. The van der Waals surface area contributed by atoms with E-state index in [9.17, 15) is 0 Å². The zero-order valence-electron chi connectivity index (χ0n) is 11.6. The predicted molar refractivity (Wildman–Crippen MR) is 74.1 cm³/mol. The first kappa shape index (κ1) is 13.4. The van der Waals surface area contributed by atoms with Crippen LogP contribution in [0.4, 0.5) is 0 Å². The number of benzene rings is 1. The summed E-state index contributed by atoms with van der Waals surface area (Å²) in [7, 11) is 0. The Labute approximate surface area is 110 Å². The van der Waals surface area contributed by atoms with Crippen LogP contribution in [0, 0.1) is 0 Å². The highest BCUT2D eigenvalue weighted by atomic mass is 16.6. The number of hydrogen-bond donors (Lipinski definition) is 0. The summed E-state index contributed by atoms with van der Waals surface area (Å²) in [6.45, 7) is 5.83. The van der Waals surface area contributed by atoms with Crippen LogP contribution in [0.5, 0.6) is 5.75 Å². The summed E-state index contributed by atoms with van der Waals surface area (Å²) in [6.07, 6.45) is 6.30. The minimum absolute atomic E-state index is 0.0324. The second-order valence-corrected chi connectivity index (χ2v) is 5.45. The Morgan fingerprint density at radius 1 is 1.22 bits per heavy atom. The van der Waals surface area contributed by atoms with Gasteiger partial charge in [-0.25, -0.2) is 0 Å². The van der Waals surface area contributed by atoms with Gasteiger partial charge in [0.05, 0.1) is 6.61 Å². The molecule has 0 aliphatic carbocycles. The summed E-state index contributed by atoms with van der Waals surface area (Å²) in [6, 6.07) is 8.39. The number of ether oxygens (including phenoxy) is 2. The Kier molecular flexibility index (Phi) is 4.65. The van der Waals surface area contributed by atoms with Crippen LogP contribution >= 0.6 is 0 Å². The van der Waals surface area contributed by atoms with Gasteiger partial charge in [-0.15, -0.1) is 0 Å². The highest BCUT2D eigenvalue weighted by Gasteiger charge is 2.40. The Morgan fingerprint density at radius 2 is 2.00 bits per heavy atom. The second-order valence-electron chi connectivity index (χ2n) is 5.45. The third-order valence-corrected chi connectivity index (χ3v) is 3.44. The lowest BCUT2D eigenvalue weighted by molar-refractivity contribution is 0.201. The van der Waals surface area contributed by atoms with E-state index in [2.05, 4.69) is 32.0 Å². The highest BCUT2D eigenvalue weighted by molar-refractivity contribution is 5.33. The van der Waals surface area contributed by atoms with E-state index in [1.807, 2.05) is 6.07 Å². The molecule has 0 N–H and O–H groups in total. The summed E-state index contributed by atoms with van der Waals surface area (Å²) in [5, 5.41) is 0. The fourth-order valence-electron chi connectivity index (χ4n) is 2.03. The number of para-hydroxylation sites is 1. The van der Waals surface area contributed by atoms with Crippen molar-refractivity contribution < 1.29 is 9.47 Å². The molecule has 1 fully saturated rings. The largest absolute Gasteiger partial charge is 0.490 e. The summed E-state index contributed by atoms with van der Waals surface area (Å²) in [5.74, 6) is 1.03. The lowest BCUT2D eigenvalue weighted by atomic mass is 10.1. The van der Waals surface area contributed by atoms with Gasteiger partial charge in [-0.05, 0) is 31.4 Å². The van der Waals surface area contributed by atoms with Crippen molar-refractivity contribution in [3.05, 3.63) is 29.8 Å². The van der Waals surface area contributed by atoms with E-state index in [1.165, 1.54) is 31.2 Å². The molecule has 0 radical (unpaired) electrons. The zero-order valence-corrected chi connectivity index (χ0v) is 11.6. The van der Waals surface area contributed by atoms with Gasteiger partial charge in [0, 0.05) is 0 Å². The molecule has 1 aliphatic rings. The molecule has 2 nitrogen and oxygen atoms in total. The topological polar surface area (TPSA) is 21.8 Å². The molecule has 1 unspecified atom stereocenters. The van der Waals surface area contributed by atoms with Crippen LogP contribution in [-0.2, 0) is 11.2 Å². The van der Waals surface area contributed by atoms with Gasteiger partial charge in [0.25, 0.3) is 0 Å². The van der Waals surface area contributed by atoms with Crippen LogP contribution in [0.3, 0.4) is 0 Å². The molecule has 2 heteroatoms. The quantitative estimate of drug-likeness (QED) is 0.513. The van der Waals surface area contributed by atoms with Crippen LogP contribution in [0.1, 0.15) is 45.1 Å². The van der Waals surface area contributed by atoms with Crippen molar-refractivity contribution in [2.75, 3.05) is 13.2 Å². The van der Waals surface area contributed by atoms with E-state index < -0.39 is 0 Å². The van der Waals surface area contributed by atoms with E-state index in [0.29, 0.717) is 6.61 Å². The molecular formula is C16H24O2. The fraction of sp³-hybridized carbons (Fsp3) is 0.625. The molecule has 18 heavy (non-hydrogen) atoms. The van der Waals surface area contributed by atoms with Crippen molar-refractivity contribution in [3.63, 3.8) is 0 Å². The molecule has 1 aromatic rings. The van der Waals surface area contributed by atoms with Gasteiger partial charge in [0.15, 0.2) is 0 Å². The van der Waals surface area contributed by atoms with Crippen LogP contribution in [-0.4, -0.2) is 18.8 Å². The number of unbranched alkanes of at least 4 members (excludes halogenated alkanes) is 3. The molecule has 1 saturated heterocycles. The van der Waals surface area contributed by atoms with E-state index in [-0.39, 0.29) is 5.60 Å². The zero-order chi connectivity index (χ0) is 12.8. The van der Waals surface area contributed by atoms with Gasteiger partial charge in [-0.3, -0.25) is 0 Å². The number of epoxide rings is 1. The van der Waals surface area contributed by atoms with Gasteiger partial charge < -0.3 is 9.47 Å². The lowest BCUT2D eigenvalue weighted by Gasteiger charge is -2.13. The molecule has 1 aliphatic heterocycles. The molecule has 100 valence electrons. The van der Waals surface area contributed by atoms with Gasteiger partial charge in [-0.2, -0.15) is 0 Å². The van der Waals surface area contributed by atoms with Crippen molar-refractivity contribution in [1.29, 1.82) is 0 Å². The van der Waals surface area contributed by atoms with Gasteiger partial charge in [0.1, 0.15) is 18.0 Å². The van der Waals surface area contributed by atoms with Gasteiger partial charge in [-0.1, -0.05) is 44.4 Å². The predicted octanol–water partition coefficient (Wildman–Crippen LogP) is 3.98. The lowest BCUT2D eigenvalue weighted by Crippen LogP contribution is -2.17. The Bertz CT molecular complexity index is 369. The number of rotatable bonds is 8. The molecule has 0 saturated carbocycles. The Hall–Kier alpha value is -1.02. The molecule has 2 rings (SSSR count). The van der Waals surface area contributed by atoms with Crippen molar-refractivity contribution >= 4 is 0 Å². The highest BCUT2D eigenvalue weighted by Crippen LogP contribution is 2.28. The summed E-state index contributed by atoms with van der Waals surface area (Å²) >= 11 is 0. The van der Waals surface area contributed by atoms with Crippen LogP contribution < -0.4 is 4.74 Å². The molecule has 1 atom stereocenters. The molecule has 0 bridgehead atoms. The van der Waals surface area contributed by atoms with Crippen LogP contribution in [0.2, 0.25) is 0 Å². The molecule has 1 aromatic carbocycles. The fourth-order valence-corrected chi connectivity index (χ4v) is 2.03. The first-order chi connectivity index (χ1) is 8.73. The summed E-state index contributed by atoms with van der Waals surface area (Å²) in [5.41, 5.74) is 1.30. The molecular weight excluding hydrogens is 224 g/mol. The van der Waals surface area contributed by atoms with Crippen LogP contribution in [0.25, 0.3) is 0 Å². The maximum atomic E-state index is 5.90. The monoisotopic (exact) mass is 248 g/mol. The number of aryl methyl sites for hydroxylation is 1. The number of hydrogen-bond acceptors (Lipinski definition) is 2. The molecule has 0 aromatic heterocycles. The smallest absolute Gasteiger partial charge is 0.123 e. The third-order valence-electron chi connectivity index (χ3n) is 3.44. The van der Waals surface area contributed by atoms with Gasteiger partial charge in [0.2, 0.25) is 0 Å². The Morgan fingerprint density at radius 3 is 2.72 bits per heavy atom. The van der Waals surface area contributed by atoms with E-state index in [4.69, 9.17) is 9.47 Å². The third kappa shape index (κ3) is 4.02. The normalized spacial score (nSPS) is 21.9. The van der Waals surface area contributed by atoms with Crippen molar-refractivity contribution in [3.8, 4) is 5.75 Å².